The van der Waals surface area contributed by atoms with E-state index in [9.17, 15) is 0 Å². The van der Waals surface area contributed by atoms with E-state index < -0.39 is 0 Å². The number of nitrogens with two attached hydrogens (primary N) is 1. The first kappa shape index (κ1) is 10.7. The molecule has 0 fully saturated rings. The summed E-state index contributed by atoms with van der Waals surface area (Å²) >= 11 is 0. The van der Waals surface area contributed by atoms with Crippen LogP contribution in [0, 0.1) is 6.92 Å². The molecule has 86 valence electrons. The van der Waals surface area contributed by atoms with Gasteiger partial charge < -0.3 is 5.73 Å². The summed E-state index contributed by atoms with van der Waals surface area (Å²) in [7, 11) is 1.93. The van der Waals surface area contributed by atoms with Crippen LogP contribution in [0.1, 0.15) is 24.0 Å². The molecule has 0 aliphatic carbocycles. The Balaban J connectivity index is 2.26. The average molecular weight is 220 g/mol. The molecule has 0 aliphatic rings. The van der Waals surface area contributed by atoms with Crippen molar-refractivity contribution in [2.45, 2.75) is 26.8 Å². The van der Waals surface area contributed by atoms with E-state index in [2.05, 4.69) is 28.4 Å². The minimum absolute atomic E-state index is 0.484. The summed E-state index contributed by atoms with van der Waals surface area (Å²) < 4.78 is 3.65. The molecule has 2 heterocycles. The monoisotopic (exact) mass is 220 g/mol. The van der Waals surface area contributed by atoms with E-state index in [1.807, 2.05) is 18.7 Å². The molecule has 16 heavy (non-hydrogen) atoms. The number of hydrogen-bond donors (Lipinski definition) is 1. The largest absolute Gasteiger partial charge is 0.381 e. The molecule has 0 amide bonds. The summed E-state index contributed by atoms with van der Waals surface area (Å²) in [5.74, 6) is 0.484. The molecule has 0 saturated heterocycles. The van der Waals surface area contributed by atoms with Gasteiger partial charge in [-0.1, -0.05) is 12.1 Å². The molecule has 0 aromatic carbocycles. The zero-order valence-corrected chi connectivity index (χ0v) is 9.80. The lowest BCUT2D eigenvalue weighted by Gasteiger charge is -2.03. The van der Waals surface area contributed by atoms with Gasteiger partial charge in [-0.25, -0.2) is 4.68 Å². The van der Waals surface area contributed by atoms with Gasteiger partial charge in [0.05, 0.1) is 23.6 Å². The molecule has 0 bridgehead atoms. The van der Waals surface area contributed by atoms with E-state index in [4.69, 9.17) is 5.73 Å². The van der Waals surface area contributed by atoms with E-state index in [1.165, 1.54) is 0 Å². The lowest BCUT2D eigenvalue weighted by molar-refractivity contribution is 0.588. The second-order valence-electron chi connectivity index (χ2n) is 3.82. The quantitative estimate of drug-likeness (QED) is 0.818. The normalized spacial score (nSPS) is 10.9. The molecule has 0 spiro atoms. The molecule has 6 nitrogen and oxygen atoms in total. The van der Waals surface area contributed by atoms with Crippen LogP contribution < -0.4 is 5.73 Å². The van der Waals surface area contributed by atoms with Crippen LogP contribution in [0.2, 0.25) is 0 Å². The highest BCUT2D eigenvalue weighted by atomic mass is 15.4. The fourth-order valence-electron chi connectivity index (χ4n) is 1.57. The first-order valence-electron chi connectivity index (χ1n) is 5.29. The Bertz CT molecular complexity index is 495. The van der Waals surface area contributed by atoms with Crippen LogP contribution in [0.5, 0.6) is 0 Å². The number of anilines is 1. The third kappa shape index (κ3) is 1.78. The van der Waals surface area contributed by atoms with Gasteiger partial charge in [-0.15, -0.1) is 5.10 Å². The average Bonchev–Trinajstić information content (AvgIpc) is 2.77. The van der Waals surface area contributed by atoms with Crippen LogP contribution in [0.25, 0.3) is 0 Å². The Morgan fingerprint density at radius 3 is 2.69 bits per heavy atom. The SMILES string of the molecule is CCc1cc(Cn2nnc(N)c2C)n(C)n1. The van der Waals surface area contributed by atoms with Gasteiger partial charge >= 0.3 is 0 Å². The molecular weight excluding hydrogens is 204 g/mol. The summed E-state index contributed by atoms with van der Waals surface area (Å²) in [6.45, 7) is 4.65. The molecule has 2 aromatic heterocycles. The lowest BCUT2D eigenvalue weighted by Crippen LogP contribution is -2.08. The highest BCUT2D eigenvalue weighted by Gasteiger charge is 2.09. The number of nitrogen functional groups attached to an aromatic ring is 1. The van der Waals surface area contributed by atoms with E-state index in [0.717, 1.165) is 23.5 Å². The van der Waals surface area contributed by atoms with Crippen molar-refractivity contribution in [3.05, 3.63) is 23.1 Å². The van der Waals surface area contributed by atoms with E-state index in [-0.39, 0.29) is 0 Å². The van der Waals surface area contributed by atoms with Crippen molar-refractivity contribution in [3.8, 4) is 0 Å². The first-order valence-corrected chi connectivity index (χ1v) is 5.29. The topological polar surface area (TPSA) is 74.6 Å². The van der Waals surface area contributed by atoms with Crippen molar-refractivity contribution < 1.29 is 0 Å². The third-order valence-corrected chi connectivity index (χ3v) is 2.72. The van der Waals surface area contributed by atoms with Gasteiger partial charge in [0.2, 0.25) is 0 Å². The van der Waals surface area contributed by atoms with Crippen molar-refractivity contribution in [1.82, 2.24) is 24.8 Å². The molecule has 2 N–H and O–H groups in total. The molecule has 0 aliphatic heterocycles. The molecule has 6 heteroatoms. The van der Waals surface area contributed by atoms with Crippen molar-refractivity contribution in [2.24, 2.45) is 7.05 Å². The summed E-state index contributed by atoms with van der Waals surface area (Å²) in [4.78, 5) is 0. The molecule has 2 rings (SSSR count). The van der Waals surface area contributed by atoms with Gasteiger partial charge in [0.15, 0.2) is 5.82 Å². The van der Waals surface area contributed by atoms with Crippen LogP contribution in [0.3, 0.4) is 0 Å². The van der Waals surface area contributed by atoms with E-state index in [0.29, 0.717) is 12.4 Å². The Morgan fingerprint density at radius 1 is 1.44 bits per heavy atom. The maximum Gasteiger partial charge on any atom is 0.168 e. The number of nitrogens with zero attached hydrogens (tertiary/aromatic N) is 5. The molecule has 0 unspecified atom stereocenters. The van der Waals surface area contributed by atoms with Gasteiger partial charge in [-0.05, 0) is 19.4 Å². The lowest BCUT2D eigenvalue weighted by atomic mass is 10.3. The van der Waals surface area contributed by atoms with Crippen molar-refractivity contribution in [3.63, 3.8) is 0 Å². The summed E-state index contributed by atoms with van der Waals surface area (Å²) in [6, 6.07) is 2.08. The van der Waals surface area contributed by atoms with Crippen molar-refractivity contribution in [2.75, 3.05) is 5.73 Å². The van der Waals surface area contributed by atoms with Crippen LogP contribution in [-0.4, -0.2) is 24.8 Å². The highest BCUT2D eigenvalue weighted by Crippen LogP contribution is 2.10. The van der Waals surface area contributed by atoms with Gasteiger partial charge in [0.1, 0.15) is 0 Å². The predicted molar refractivity (Wildman–Crippen MR) is 60.9 cm³/mol. The fraction of sp³-hybridized carbons (Fsp3) is 0.500. The van der Waals surface area contributed by atoms with Crippen molar-refractivity contribution >= 4 is 5.82 Å². The second kappa shape index (κ2) is 3.96. The maximum absolute atomic E-state index is 5.65. The van der Waals surface area contributed by atoms with Gasteiger partial charge in [0.25, 0.3) is 0 Å². The van der Waals surface area contributed by atoms with Gasteiger partial charge in [-0.2, -0.15) is 5.10 Å². The van der Waals surface area contributed by atoms with Crippen LogP contribution >= 0.6 is 0 Å². The maximum atomic E-state index is 5.65. The fourth-order valence-corrected chi connectivity index (χ4v) is 1.57. The van der Waals surface area contributed by atoms with Crippen LogP contribution in [-0.2, 0) is 20.0 Å². The van der Waals surface area contributed by atoms with Crippen LogP contribution in [0.4, 0.5) is 5.82 Å². The van der Waals surface area contributed by atoms with Crippen molar-refractivity contribution in [1.29, 1.82) is 0 Å². The molecular formula is C10H16N6. The second-order valence-corrected chi connectivity index (χ2v) is 3.82. The Hall–Kier alpha value is -1.85. The zero-order valence-electron chi connectivity index (χ0n) is 9.80. The van der Waals surface area contributed by atoms with E-state index >= 15 is 0 Å². The first-order chi connectivity index (χ1) is 7.61. The number of aromatic nitrogens is 5. The third-order valence-electron chi connectivity index (χ3n) is 2.72. The minimum atomic E-state index is 0.484. The highest BCUT2D eigenvalue weighted by molar-refractivity contribution is 5.31. The summed E-state index contributed by atoms with van der Waals surface area (Å²) in [5, 5.41) is 12.2. The molecule has 2 aromatic rings. The smallest absolute Gasteiger partial charge is 0.168 e. The number of aryl methyl sites for hydroxylation is 2. The zero-order chi connectivity index (χ0) is 11.7. The van der Waals surface area contributed by atoms with Gasteiger partial charge in [-0.3, -0.25) is 4.68 Å². The number of rotatable bonds is 3. The Morgan fingerprint density at radius 2 is 2.19 bits per heavy atom. The van der Waals surface area contributed by atoms with Gasteiger partial charge in [0, 0.05) is 7.05 Å². The number of hydrogen-bond acceptors (Lipinski definition) is 4. The van der Waals surface area contributed by atoms with E-state index in [1.54, 1.807) is 4.68 Å². The Labute approximate surface area is 94.1 Å². The molecule has 0 radical (unpaired) electrons. The summed E-state index contributed by atoms with van der Waals surface area (Å²) in [5.41, 5.74) is 8.72. The minimum Gasteiger partial charge on any atom is -0.381 e. The summed E-state index contributed by atoms with van der Waals surface area (Å²) in [6.07, 6.45) is 0.937. The van der Waals surface area contributed by atoms with Crippen LogP contribution in [0.15, 0.2) is 6.07 Å². The molecule has 0 saturated carbocycles. The molecule has 0 atom stereocenters. The standard InChI is InChI=1S/C10H16N6/c1-4-8-5-9(15(3)13-8)6-16-7(2)10(11)12-14-16/h5H,4,6,11H2,1-3H3. The predicted octanol–water partition coefficient (Wildman–Crippen LogP) is 0.513. The Kier molecular flexibility index (Phi) is 2.64.